The minimum Gasteiger partial charge on any atom is -1.00 e. The third-order valence-electron chi connectivity index (χ3n) is 1.78. The topological polar surface area (TPSA) is 0 Å². The Morgan fingerprint density at radius 3 is 1.41 bits per heavy atom. The van der Waals surface area contributed by atoms with Crippen LogP contribution in [0.2, 0.25) is 0 Å². The fourth-order valence-corrected chi connectivity index (χ4v) is 1.02. The maximum atomic E-state index is 2.99. The van der Waals surface area contributed by atoms with Crippen molar-refractivity contribution in [2.45, 2.75) is 12.8 Å². The van der Waals surface area contributed by atoms with Gasteiger partial charge >= 0.3 is 26.2 Å². The van der Waals surface area contributed by atoms with Crippen LogP contribution in [0.25, 0.3) is 0 Å². The summed E-state index contributed by atoms with van der Waals surface area (Å²) in [6.07, 6.45) is 20.0. The number of allylic oxidation sites excluding steroid dienone is 8. The molecule has 0 N–H and O–H groups in total. The number of rotatable bonds is 0. The van der Waals surface area contributed by atoms with Gasteiger partial charge in [-0.05, 0) is 0 Å². The van der Waals surface area contributed by atoms with Gasteiger partial charge in [0.15, 0.2) is 0 Å². The van der Waals surface area contributed by atoms with Gasteiger partial charge in [-0.3, -0.25) is 12.2 Å². The molecule has 85 valence electrons. The molecule has 1 aromatic carbocycles. The molecular weight excluding hydrogens is 283 g/mol. The van der Waals surface area contributed by atoms with E-state index in [0.717, 1.165) is 12.8 Å². The zero-order chi connectivity index (χ0) is 11.3. The molecule has 0 aliphatic heterocycles. The Morgan fingerprint density at radius 1 is 0.765 bits per heavy atom. The van der Waals surface area contributed by atoms with Gasteiger partial charge in [0.25, 0.3) is 0 Å². The Balaban J connectivity index is 0. The Morgan fingerprint density at radius 2 is 1.29 bits per heavy atom. The van der Waals surface area contributed by atoms with Gasteiger partial charge in [0.2, 0.25) is 0 Å². The summed E-state index contributed by atoms with van der Waals surface area (Å²) in [6, 6.07) is 12.5. The first kappa shape index (κ1) is 16.1. The van der Waals surface area contributed by atoms with Crippen LogP contribution in [0.3, 0.4) is 0 Å². The van der Waals surface area contributed by atoms with Crippen molar-refractivity contribution in [2.24, 2.45) is 0 Å². The second-order valence-electron chi connectivity index (χ2n) is 3.08. The van der Waals surface area contributed by atoms with E-state index in [4.69, 9.17) is 0 Å². The molecule has 0 amide bonds. The Labute approximate surface area is 125 Å². The third kappa shape index (κ3) is 11.3. The molecule has 1 aromatic rings. The van der Waals surface area contributed by atoms with E-state index >= 15 is 0 Å². The fourth-order valence-electron chi connectivity index (χ4n) is 1.02. The van der Waals surface area contributed by atoms with Crippen LogP contribution in [0.1, 0.15) is 14.3 Å². The molecule has 1 heteroatoms. The van der Waals surface area contributed by atoms with E-state index in [1.165, 1.54) is 0 Å². The van der Waals surface area contributed by atoms with Gasteiger partial charge in [0.1, 0.15) is 0 Å². The van der Waals surface area contributed by atoms with Crippen molar-refractivity contribution in [1.29, 1.82) is 0 Å². The average molecular weight is 300 g/mol. The summed E-state index contributed by atoms with van der Waals surface area (Å²) in [5.74, 6) is 0. The molecule has 0 heterocycles. The summed E-state index contributed by atoms with van der Waals surface area (Å²) in [5, 5.41) is 0. The van der Waals surface area contributed by atoms with E-state index in [-0.39, 0.29) is 27.6 Å². The second kappa shape index (κ2) is 13.1. The molecule has 0 fully saturated rings. The summed E-state index contributed by atoms with van der Waals surface area (Å²) in [7, 11) is 0. The molecule has 1 radical (unpaired) electrons. The standard InChI is InChI=1S/C6H5.2C5H5.Zr.H/c1-2-4-6-5-3-1;2*1-2-4-5-3-1;;/h1-5H;2*1-3H,4H2;;/q3*-1;+3;-1. The van der Waals surface area contributed by atoms with Crippen LogP contribution in [0, 0.1) is 18.2 Å². The third-order valence-corrected chi connectivity index (χ3v) is 1.78. The van der Waals surface area contributed by atoms with E-state index in [0.29, 0.717) is 0 Å². The van der Waals surface area contributed by atoms with Crippen molar-refractivity contribution in [2.75, 3.05) is 0 Å². The SMILES string of the molecule is [C-]1=CC=CC1.[C-]1=CC=CC1.[H-].[Zr+3].[c-]1ccccc1. The zero-order valence-electron chi connectivity index (χ0n) is 10.8. The minimum atomic E-state index is 0. The van der Waals surface area contributed by atoms with Crippen molar-refractivity contribution in [1.82, 2.24) is 0 Å². The smallest absolute Gasteiger partial charge is 1.00 e. The van der Waals surface area contributed by atoms with E-state index in [9.17, 15) is 0 Å². The van der Waals surface area contributed by atoms with Crippen LogP contribution in [0.5, 0.6) is 0 Å². The fraction of sp³-hybridized carbons (Fsp3) is 0.125. The summed E-state index contributed by atoms with van der Waals surface area (Å²) in [4.78, 5) is 0. The molecule has 0 atom stereocenters. The molecule has 17 heavy (non-hydrogen) atoms. The molecule has 0 bridgehead atoms. The van der Waals surface area contributed by atoms with Crippen molar-refractivity contribution >= 4 is 0 Å². The van der Waals surface area contributed by atoms with Crippen LogP contribution in [0.4, 0.5) is 0 Å². The summed E-state index contributed by atoms with van der Waals surface area (Å²) >= 11 is 0. The Bertz CT molecular complexity index is 295. The van der Waals surface area contributed by atoms with Crippen molar-refractivity contribution < 1.29 is 27.6 Å². The average Bonchev–Trinajstić information content (AvgIpc) is 3.10. The molecule has 0 unspecified atom stereocenters. The van der Waals surface area contributed by atoms with Gasteiger partial charge in [-0.2, -0.15) is 48.6 Å². The first-order valence-electron chi connectivity index (χ1n) is 5.34. The zero-order valence-corrected chi connectivity index (χ0v) is 12.2. The molecule has 0 spiro atoms. The Kier molecular flexibility index (Phi) is 12.4. The first-order valence-corrected chi connectivity index (χ1v) is 5.34. The van der Waals surface area contributed by atoms with Crippen LogP contribution in [-0.4, -0.2) is 0 Å². The normalized spacial score (nSPS) is 13.2. The van der Waals surface area contributed by atoms with Crippen LogP contribution < -0.4 is 0 Å². The van der Waals surface area contributed by atoms with Gasteiger partial charge in [-0.25, -0.2) is 24.3 Å². The minimum absolute atomic E-state index is 0. The van der Waals surface area contributed by atoms with Crippen LogP contribution in [0.15, 0.2) is 66.8 Å². The van der Waals surface area contributed by atoms with Crippen LogP contribution >= 0.6 is 0 Å². The number of hydrogen-bond acceptors (Lipinski definition) is 0. The molecular formula is C16H16Zr-. The molecule has 0 saturated heterocycles. The summed E-state index contributed by atoms with van der Waals surface area (Å²) in [6.45, 7) is 0. The molecule has 0 nitrogen and oxygen atoms in total. The molecule has 2 aliphatic carbocycles. The largest absolute Gasteiger partial charge is 3.00 e. The van der Waals surface area contributed by atoms with E-state index in [1.807, 2.05) is 54.6 Å². The number of hydrogen-bond donors (Lipinski definition) is 0. The molecule has 0 aromatic heterocycles. The first-order chi connectivity index (χ1) is 8.00. The predicted octanol–water partition coefficient (Wildman–Crippen LogP) is 4.21. The monoisotopic (exact) mass is 298 g/mol. The van der Waals surface area contributed by atoms with Gasteiger partial charge < -0.3 is 1.43 Å². The molecule has 0 saturated carbocycles. The van der Waals surface area contributed by atoms with Gasteiger partial charge in [0, 0.05) is 0 Å². The van der Waals surface area contributed by atoms with Crippen molar-refractivity contribution in [3.05, 3.63) is 85.0 Å². The Hall–Kier alpha value is -0.937. The molecule has 3 rings (SSSR count). The van der Waals surface area contributed by atoms with Crippen molar-refractivity contribution in [3.63, 3.8) is 0 Å². The summed E-state index contributed by atoms with van der Waals surface area (Å²) < 4.78 is 0. The van der Waals surface area contributed by atoms with Gasteiger partial charge in [0.05, 0.1) is 0 Å². The maximum absolute atomic E-state index is 2.99. The maximum Gasteiger partial charge on any atom is 3.00 e. The van der Waals surface area contributed by atoms with E-state index in [1.54, 1.807) is 0 Å². The van der Waals surface area contributed by atoms with Crippen molar-refractivity contribution in [3.8, 4) is 0 Å². The predicted molar refractivity (Wildman–Crippen MR) is 69.5 cm³/mol. The van der Waals surface area contributed by atoms with E-state index < -0.39 is 0 Å². The molecule has 2 aliphatic rings. The number of benzene rings is 1. The second-order valence-corrected chi connectivity index (χ2v) is 3.08. The van der Waals surface area contributed by atoms with Gasteiger partial charge in [-0.15, -0.1) is 12.8 Å². The van der Waals surface area contributed by atoms with Crippen LogP contribution in [-0.2, 0) is 26.2 Å². The quantitative estimate of drug-likeness (QED) is 0.630. The van der Waals surface area contributed by atoms with Gasteiger partial charge in [-0.1, -0.05) is 0 Å². The summed E-state index contributed by atoms with van der Waals surface area (Å²) in [5.41, 5.74) is 0. The van der Waals surface area contributed by atoms with E-state index in [2.05, 4.69) is 30.4 Å².